The largest absolute Gasteiger partial charge is 0.241 e. The fourth-order valence-corrected chi connectivity index (χ4v) is 3.67. The summed E-state index contributed by atoms with van der Waals surface area (Å²) in [6.07, 6.45) is 1.75. The summed E-state index contributed by atoms with van der Waals surface area (Å²) in [5.74, 6) is 0. The van der Waals surface area contributed by atoms with E-state index in [1.807, 2.05) is 32.9 Å². The Morgan fingerprint density at radius 2 is 1.50 bits per heavy atom. The molecule has 0 aliphatic carbocycles. The van der Waals surface area contributed by atoms with Gasteiger partial charge in [0, 0.05) is 5.54 Å². The zero-order valence-corrected chi connectivity index (χ0v) is 14.3. The first-order valence-electron chi connectivity index (χ1n) is 7.12. The molecule has 0 radical (unpaired) electrons. The van der Waals surface area contributed by atoms with Crippen molar-refractivity contribution in [1.82, 2.24) is 4.72 Å². The molecule has 1 aromatic rings. The van der Waals surface area contributed by atoms with Gasteiger partial charge in [-0.3, -0.25) is 0 Å². The van der Waals surface area contributed by atoms with Crippen LogP contribution in [0.5, 0.6) is 0 Å². The maximum Gasteiger partial charge on any atom is 0.241 e. The Morgan fingerprint density at radius 1 is 1.00 bits per heavy atom. The van der Waals surface area contributed by atoms with E-state index in [4.69, 9.17) is 0 Å². The summed E-state index contributed by atoms with van der Waals surface area (Å²) in [4.78, 5) is 0.328. The molecule has 1 rings (SSSR count). The molecule has 0 aliphatic rings. The summed E-state index contributed by atoms with van der Waals surface area (Å²) >= 11 is 0. The quantitative estimate of drug-likeness (QED) is 0.897. The molecule has 1 aromatic carbocycles. The number of hydrogen-bond donors (Lipinski definition) is 1. The summed E-state index contributed by atoms with van der Waals surface area (Å²) in [6, 6.07) is 7.15. The molecule has 0 amide bonds. The molecule has 0 unspecified atom stereocenters. The SMILES string of the molecule is CCCC(C)(C)NS(=O)(=O)c1ccc(C(C)(C)C)cc1. The second kappa shape index (κ2) is 5.86. The van der Waals surface area contributed by atoms with E-state index in [1.54, 1.807) is 12.1 Å². The maximum absolute atomic E-state index is 12.4. The van der Waals surface area contributed by atoms with E-state index in [9.17, 15) is 8.42 Å². The first-order valence-corrected chi connectivity index (χ1v) is 8.61. The van der Waals surface area contributed by atoms with Crippen molar-refractivity contribution in [2.75, 3.05) is 0 Å². The van der Waals surface area contributed by atoms with Crippen molar-refractivity contribution >= 4 is 10.0 Å². The third kappa shape index (κ3) is 4.60. The highest BCUT2D eigenvalue weighted by molar-refractivity contribution is 7.89. The number of hydrogen-bond acceptors (Lipinski definition) is 2. The van der Waals surface area contributed by atoms with Crippen molar-refractivity contribution in [3.63, 3.8) is 0 Å². The van der Waals surface area contributed by atoms with Gasteiger partial charge in [0.15, 0.2) is 0 Å². The van der Waals surface area contributed by atoms with Crippen molar-refractivity contribution in [3.8, 4) is 0 Å². The second-order valence-electron chi connectivity index (χ2n) is 7.01. The summed E-state index contributed by atoms with van der Waals surface area (Å²) < 4.78 is 27.5. The minimum Gasteiger partial charge on any atom is -0.207 e. The molecule has 0 saturated heterocycles. The van der Waals surface area contributed by atoms with E-state index in [0.717, 1.165) is 18.4 Å². The predicted molar refractivity (Wildman–Crippen MR) is 84.5 cm³/mol. The third-order valence-electron chi connectivity index (χ3n) is 3.32. The van der Waals surface area contributed by atoms with E-state index >= 15 is 0 Å². The monoisotopic (exact) mass is 297 g/mol. The van der Waals surface area contributed by atoms with Crippen LogP contribution in [0.15, 0.2) is 29.2 Å². The number of benzene rings is 1. The van der Waals surface area contributed by atoms with E-state index in [0.29, 0.717) is 4.90 Å². The molecule has 0 spiro atoms. The van der Waals surface area contributed by atoms with Gasteiger partial charge in [0.25, 0.3) is 0 Å². The number of nitrogens with one attached hydrogen (secondary N) is 1. The van der Waals surface area contributed by atoms with Crippen LogP contribution in [0.2, 0.25) is 0 Å². The first kappa shape index (κ1) is 17.2. The van der Waals surface area contributed by atoms with Crippen LogP contribution in [0, 0.1) is 0 Å². The summed E-state index contributed by atoms with van der Waals surface area (Å²) in [6.45, 7) is 12.2. The predicted octanol–water partition coefficient (Wildman–Crippen LogP) is 3.84. The highest BCUT2D eigenvalue weighted by Gasteiger charge is 2.25. The Morgan fingerprint density at radius 3 is 1.90 bits per heavy atom. The molecule has 20 heavy (non-hydrogen) atoms. The van der Waals surface area contributed by atoms with Gasteiger partial charge < -0.3 is 0 Å². The van der Waals surface area contributed by atoms with Gasteiger partial charge in [-0.1, -0.05) is 46.2 Å². The molecule has 0 aromatic heterocycles. The van der Waals surface area contributed by atoms with Crippen LogP contribution in [0.3, 0.4) is 0 Å². The summed E-state index contributed by atoms with van der Waals surface area (Å²) in [5.41, 5.74) is 0.734. The van der Waals surface area contributed by atoms with Crippen LogP contribution in [-0.2, 0) is 15.4 Å². The van der Waals surface area contributed by atoms with Gasteiger partial charge in [0.1, 0.15) is 0 Å². The Hall–Kier alpha value is -0.870. The minimum atomic E-state index is -3.45. The van der Waals surface area contributed by atoms with Crippen LogP contribution in [0.25, 0.3) is 0 Å². The Bertz CT molecular complexity index is 537. The van der Waals surface area contributed by atoms with Gasteiger partial charge in [-0.05, 0) is 43.4 Å². The fraction of sp³-hybridized carbons (Fsp3) is 0.625. The molecule has 4 heteroatoms. The van der Waals surface area contributed by atoms with Crippen molar-refractivity contribution in [2.24, 2.45) is 0 Å². The van der Waals surface area contributed by atoms with Crippen LogP contribution in [0.1, 0.15) is 59.9 Å². The lowest BCUT2D eigenvalue weighted by Crippen LogP contribution is -2.43. The highest BCUT2D eigenvalue weighted by atomic mass is 32.2. The van der Waals surface area contributed by atoms with Gasteiger partial charge in [-0.2, -0.15) is 0 Å². The normalized spacial score (nSPS) is 13.5. The topological polar surface area (TPSA) is 46.2 Å². The van der Waals surface area contributed by atoms with Crippen molar-refractivity contribution in [2.45, 2.75) is 70.2 Å². The van der Waals surface area contributed by atoms with Crippen LogP contribution in [-0.4, -0.2) is 14.0 Å². The number of rotatable bonds is 5. The van der Waals surface area contributed by atoms with Gasteiger partial charge in [0.2, 0.25) is 10.0 Å². The first-order chi connectivity index (χ1) is 8.98. The fourth-order valence-electron chi connectivity index (χ4n) is 2.23. The zero-order valence-electron chi connectivity index (χ0n) is 13.4. The van der Waals surface area contributed by atoms with E-state index in [1.165, 1.54) is 0 Å². The van der Waals surface area contributed by atoms with Crippen molar-refractivity contribution < 1.29 is 8.42 Å². The van der Waals surface area contributed by atoms with Crippen molar-refractivity contribution in [3.05, 3.63) is 29.8 Å². The van der Waals surface area contributed by atoms with Gasteiger partial charge >= 0.3 is 0 Å². The van der Waals surface area contributed by atoms with Crippen LogP contribution in [0.4, 0.5) is 0 Å². The van der Waals surface area contributed by atoms with E-state index in [2.05, 4.69) is 25.5 Å². The van der Waals surface area contributed by atoms with Crippen LogP contribution < -0.4 is 4.72 Å². The average molecular weight is 297 g/mol. The molecule has 3 nitrogen and oxygen atoms in total. The molecule has 0 fully saturated rings. The molecular weight excluding hydrogens is 270 g/mol. The van der Waals surface area contributed by atoms with Gasteiger partial charge in [-0.25, -0.2) is 13.1 Å². The zero-order chi connectivity index (χ0) is 15.6. The van der Waals surface area contributed by atoms with Crippen molar-refractivity contribution in [1.29, 1.82) is 0 Å². The molecule has 0 heterocycles. The Labute approximate surface area is 123 Å². The molecule has 0 saturated carbocycles. The third-order valence-corrected chi connectivity index (χ3v) is 5.03. The van der Waals surface area contributed by atoms with Crippen LogP contribution >= 0.6 is 0 Å². The maximum atomic E-state index is 12.4. The molecule has 1 N–H and O–H groups in total. The smallest absolute Gasteiger partial charge is 0.207 e. The molecular formula is C16H27NO2S. The molecule has 114 valence electrons. The second-order valence-corrected chi connectivity index (χ2v) is 8.70. The van der Waals surface area contributed by atoms with Gasteiger partial charge in [-0.15, -0.1) is 0 Å². The summed E-state index contributed by atoms with van der Waals surface area (Å²) in [7, 11) is -3.45. The standard InChI is InChI=1S/C16H27NO2S/c1-7-12-16(5,6)17-20(18,19)14-10-8-13(9-11-14)15(2,3)4/h8-11,17H,7,12H2,1-6H3. The van der Waals surface area contributed by atoms with Gasteiger partial charge in [0.05, 0.1) is 4.90 Å². The lowest BCUT2D eigenvalue weighted by Gasteiger charge is -2.25. The Balaban J connectivity index is 3.00. The van der Waals surface area contributed by atoms with E-state index in [-0.39, 0.29) is 5.41 Å². The number of sulfonamides is 1. The Kier molecular flexibility index (Phi) is 5.03. The lowest BCUT2D eigenvalue weighted by atomic mass is 9.87. The molecule has 0 aliphatic heterocycles. The molecule has 0 atom stereocenters. The summed E-state index contributed by atoms with van der Waals surface area (Å²) in [5, 5.41) is 0. The van der Waals surface area contributed by atoms with E-state index < -0.39 is 15.6 Å². The average Bonchev–Trinajstić information content (AvgIpc) is 2.26. The lowest BCUT2D eigenvalue weighted by molar-refractivity contribution is 0.417. The molecule has 0 bridgehead atoms. The highest BCUT2D eigenvalue weighted by Crippen LogP contribution is 2.24. The minimum absolute atomic E-state index is 0.0250.